The predicted octanol–water partition coefficient (Wildman–Crippen LogP) is 6.25. The van der Waals surface area contributed by atoms with E-state index in [-0.39, 0.29) is 10.8 Å². The van der Waals surface area contributed by atoms with Gasteiger partial charge in [0.25, 0.3) is 0 Å². The van der Waals surface area contributed by atoms with Crippen molar-refractivity contribution < 1.29 is 0 Å². The fourth-order valence-corrected chi connectivity index (χ4v) is 3.42. The molecule has 3 rings (SSSR count). The van der Waals surface area contributed by atoms with Crippen molar-refractivity contribution in [2.24, 2.45) is 0 Å². The van der Waals surface area contributed by atoms with Crippen molar-refractivity contribution in [1.29, 1.82) is 0 Å². The fraction of sp³-hybridized carbons (Fsp3) is 0.360. The lowest BCUT2D eigenvalue weighted by Gasteiger charge is -2.28. The van der Waals surface area contributed by atoms with E-state index in [2.05, 4.69) is 101 Å². The van der Waals surface area contributed by atoms with Crippen molar-refractivity contribution in [3.8, 4) is 0 Å². The summed E-state index contributed by atoms with van der Waals surface area (Å²) in [6.45, 7) is 13.3. The quantitative estimate of drug-likeness (QED) is 0.538. The number of aromatic nitrogens is 2. The van der Waals surface area contributed by atoms with Crippen LogP contribution in [0.4, 0.5) is 0 Å². The molecule has 140 valence electrons. The highest BCUT2D eigenvalue weighted by Crippen LogP contribution is 2.34. The highest BCUT2D eigenvalue weighted by Gasteiger charge is 2.27. The average molecular weight is 359 g/mol. The van der Waals surface area contributed by atoms with Crippen LogP contribution in [0.15, 0.2) is 67.0 Å². The summed E-state index contributed by atoms with van der Waals surface area (Å²) in [7, 11) is 0. The van der Waals surface area contributed by atoms with Crippen molar-refractivity contribution in [3.63, 3.8) is 0 Å². The van der Waals surface area contributed by atoms with E-state index in [0.29, 0.717) is 5.92 Å². The van der Waals surface area contributed by atoms with E-state index < -0.39 is 0 Å². The minimum Gasteiger partial charge on any atom is -0.261 e. The molecule has 0 unspecified atom stereocenters. The molecule has 0 spiro atoms. The molecule has 0 N–H and O–H groups in total. The average Bonchev–Trinajstić information content (AvgIpc) is 2.69. The van der Waals surface area contributed by atoms with E-state index in [9.17, 15) is 0 Å². The van der Waals surface area contributed by atoms with Crippen LogP contribution in [0.25, 0.3) is 0 Å². The highest BCUT2D eigenvalue weighted by atomic mass is 14.7. The molecule has 2 heteroatoms. The normalized spacial score (nSPS) is 12.4. The van der Waals surface area contributed by atoms with Crippen molar-refractivity contribution in [1.82, 2.24) is 9.97 Å². The monoisotopic (exact) mass is 358 g/mol. The van der Waals surface area contributed by atoms with E-state index in [1.165, 1.54) is 16.7 Å². The van der Waals surface area contributed by atoms with Gasteiger partial charge in [0.2, 0.25) is 0 Å². The van der Waals surface area contributed by atoms with Gasteiger partial charge in [0.05, 0.1) is 5.69 Å². The largest absolute Gasteiger partial charge is 0.261 e. The molecule has 0 radical (unpaired) electrons. The Kier molecular flexibility index (Phi) is 5.19. The standard InChI is InChI=1S/C25H30N2/c1-18(2)22-14-12-20(16-26-22)24(3,4)21-13-15-23(27-17-21)25(5,6)19-10-8-7-9-11-19/h7-18H,1-6H3. The maximum atomic E-state index is 4.84. The molecule has 2 nitrogen and oxygen atoms in total. The SMILES string of the molecule is CC(C)c1ccc(C(C)(C)c2ccc(C(C)(C)c3ccccc3)nc2)cn1. The Morgan fingerprint density at radius 3 is 1.70 bits per heavy atom. The lowest BCUT2D eigenvalue weighted by molar-refractivity contribution is 0.602. The van der Waals surface area contributed by atoms with Crippen molar-refractivity contribution >= 4 is 0 Å². The number of hydrogen-bond donors (Lipinski definition) is 0. The van der Waals surface area contributed by atoms with E-state index >= 15 is 0 Å². The first-order chi connectivity index (χ1) is 12.7. The second-order valence-corrected chi connectivity index (χ2v) is 8.67. The molecule has 0 fully saturated rings. The minimum atomic E-state index is -0.134. The molecule has 1 aromatic carbocycles. The summed E-state index contributed by atoms with van der Waals surface area (Å²) in [5, 5.41) is 0. The second-order valence-electron chi connectivity index (χ2n) is 8.67. The Morgan fingerprint density at radius 1 is 0.630 bits per heavy atom. The third-order valence-electron chi connectivity index (χ3n) is 5.72. The molecule has 27 heavy (non-hydrogen) atoms. The maximum absolute atomic E-state index is 4.84. The number of benzene rings is 1. The summed E-state index contributed by atoms with van der Waals surface area (Å²) in [6, 6.07) is 19.3. The molecule has 3 aromatic rings. The van der Waals surface area contributed by atoms with Gasteiger partial charge in [0, 0.05) is 28.9 Å². The zero-order valence-electron chi connectivity index (χ0n) is 17.3. The summed E-state index contributed by atoms with van der Waals surface area (Å²) in [4.78, 5) is 9.49. The van der Waals surface area contributed by atoms with Gasteiger partial charge in [0.15, 0.2) is 0 Å². The molecule has 2 heterocycles. The van der Waals surface area contributed by atoms with E-state index in [0.717, 1.165) is 11.4 Å². The van der Waals surface area contributed by atoms with Crippen LogP contribution in [0.3, 0.4) is 0 Å². The van der Waals surface area contributed by atoms with E-state index in [1.54, 1.807) is 0 Å². The van der Waals surface area contributed by atoms with Crippen molar-refractivity contribution in [2.45, 2.75) is 58.3 Å². The van der Waals surface area contributed by atoms with Gasteiger partial charge in [0.1, 0.15) is 0 Å². The number of nitrogens with zero attached hydrogens (tertiary/aromatic N) is 2. The maximum Gasteiger partial charge on any atom is 0.0503 e. The summed E-state index contributed by atoms with van der Waals surface area (Å²) in [5.41, 5.74) is 5.65. The molecule has 0 bridgehead atoms. The first kappa shape index (κ1) is 19.3. The Morgan fingerprint density at radius 2 is 1.22 bits per heavy atom. The molecule has 0 aliphatic rings. The Balaban J connectivity index is 1.90. The number of rotatable bonds is 5. The van der Waals surface area contributed by atoms with Gasteiger partial charge in [-0.15, -0.1) is 0 Å². The Labute approximate surface area is 163 Å². The van der Waals surface area contributed by atoms with Crippen LogP contribution in [0.1, 0.15) is 75.5 Å². The Bertz CT molecular complexity index is 874. The van der Waals surface area contributed by atoms with Gasteiger partial charge < -0.3 is 0 Å². The predicted molar refractivity (Wildman–Crippen MR) is 113 cm³/mol. The Hall–Kier alpha value is -2.48. The lowest BCUT2D eigenvalue weighted by Crippen LogP contribution is -2.23. The molecule has 0 aliphatic heterocycles. The summed E-state index contributed by atoms with van der Waals surface area (Å²) < 4.78 is 0. The second kappa shape index (κ2) is 7.26. The summed E-state index contributed by atoms with van der Waals surface area (Å²) >= 11 is 0. The highest BCUT2D eigenvalue weighted by molar-refractivity contribution is 5.39. The summed E-state index contributed by atoms with van der Waals surface area (Å²) in [5.74, 6) is 0.448. The molecule has 0 saturated carbocycles. The summed E-state index contributed by atoms with van der Waals surface area (Å²) in [6.07, 6.45) is 4.04. The molecule has 2 aromatic heterocycles. The topological polar surface area (TPSA) is 25.8 Å². The van der Waals surface area contributed by atoms with Crippen molar-refractivity contribution in [2.75, 3.05) is 0 Å². The van der Waals surface area contributed by atoms with Gasteiger partial charge >= 0.3 is 0 Å². The zero-order chi connectivity index (χ0) is 19.7. The fourth-order valence-electron chi connectivity index (χ4n) is 3.42. The minimum absolute atomic E-state index is 0.121. The van der Waals surface area contributed by atoms with Crippen molar-refractivity contribution in [3.05, 3.63) is 95.1 Å². The van der Waals surface area contributed by atoms with Gasteiger partial charge in [-0.3, -0.25) is 9.97 Å². The number of hydrogen-bond acceptors (Lipinski definition) is 2. The molecular weight excluding hydrogens is 328 g/mol. The van der Waals surface area contributed by atoms with E-state index in [1.807, 2.05) is 12.4 Å². The van der Waals surface area contributed by atoms with Gasteiger partial charge in [-0.1, -0.05) is 84.0 Å². The van der Waals surface area contributed by atoms with Crippen LogP contribution >= 0.6 is 0 Å². The van der Waals surface area contributed by atoms with Crippen LogP contribution in [-0.4, -0.2) is 9.97 Å². The number of pyridine rings is 2. The first-order valence-electron chi connectivity index (χ1n) is 9.72. The van der Waals surface area contributed by atoms with Gasteiger partial charge in [-0.25, -0.2) is 0 Å². The third-order valence-corrected chi connectivity index (χ3v) is 5.72. The van der Waals surface area contributed by atoms with E-state index in [4.69, 9.17) is 4.98 Å². The molecule has 0 amide bonds. The lowest BCUT2D eigenvalue weighted by atomic mass is 9.77. The molecule has 0 aliphatic carbocycles. The van der Waals surface area contributed by atoms with Gasteiger partial charge in [-0.05, 0) is 34.7 Å². The first-order valence-corrected chi connectivity index (χ1v) is 9.72. The smallest absolute Gasteiger partial charge is 0.0503 e. The molecular formula is C25H30N2. The van der Waals surface area contributed by atoms with Crippen LogP contribution in [0.5, 0.6) is 0 Å². The van der Waals surface area contributed by atoms with Crippen LogP contribution in [-0.2, 0) is 10.8 Å². The van der Waals surface area contributed by atoms with Crippen LogP contribution < -0.4 is 0 Å². The van der Waals surface area contributed by atoms with Crippen LogP contribution in [0.2, 0.25) is 0 Å². The third kappa shape index (κ3) is 3.80. The molecule has 0 saturated heterocycles. The zero-order valence-corrected chi connectivity index (χ0v) is 17.3. The molecule has 0 atom stereocenters. The van der Waals surface area contributed by atoms with Crippen LogP contribution in [0, 0.1) is 0 Å². The van der Waals surface area contributed by atoms with Gasteiger partial charge in [-0.2, -0.15) is 0 Å².